The van der Waals surface area contributed by atoms with Crippen LogP contribution in [0.5, 0.6) is 0 Å². The molecule has 0 spiro atoms. The van der Waals surface area contributed by atoms with Gasteiger partial charge in [-0.25, -0.2) is 4.39 Å². The van der Waals surface area contributed by atoms with Crippen molar-refractivity contribution in [1.29, 1.82) is 0 Å². The largest absolute Gasteiger partial charge is 0.306 e. The molecule has 0 saturated heterocycles. The molecule has 0 aliphatic carbocycles. The van der Waals surface area contributed by atoms with E-state index in [-0.39, 0.29) is 11.9 Å². The molecule has 4 heteroatoms. The zero-order valence-electron chi connectivity index (χ0n) is 12.0. The summed E-state index contributed by atoms with van der Waals surface area (Å²) in [7, 11) is 0. The van der Waals surface area contributed by atoms with Crippen molar-refractivity contribution in [1.82, 2.24) is 5.32 Å². The number of aryl methyl sites for hydroxylation is 2. The summed E-state index contributed by atoms with van der Waals surface area (Å²) in [6, 6.07) is 5.29. The maximum absolute atomic E-state index is 13.5. The zero-order valence-corrected chi connectivity index (χ0v) is 13.5. The van der Waals surface area contributed by atoms with Gasteiger partial charge in [-0.15, -0.1) is 11.3 Å². The quantitative estimate of drug-likeness (QED) is 0.795. The van der Waals surface area contributed by atoms with Crippen LogP contribution < -0.4 is 5.32 Å². The molecule has 1 unspecified atom stereocenters. The Kier molecular flexibility index (Phi) is 5.19. The fourth-order valence-electron chi connectivity index (χ4n) is 2.14. The molecular weight excluding hydrogens is 293 g/mol. The number of nitrogens with one attached hydrogen (secondary N) is 1. The molecule has 2 rings (SSSR count). The van der Waals surface area contributed by atoms with Gasteiger partial charge in [0.1, 0.15) is 5.82 Å². The summed E-state index contributed by atoms with van der Waals surface area (Å²) in [4.78, 5) is 1.10. The van der Waals surface area contributed by atoms with Crippen LogP contribution in [0.2, 0.25) is 5.02 Å². The molecule has 2 aromatic rings. The lowest BCUT2D eigenvalue weighted by Crippen LogP contribution is -2.22. The highest BCUT2D eigenvalue weighted by molar-refractivity contribution is 7.10. The maximum Gasteiger partial charge on any atom is 0.126 e. The average molecular weight is 312 g/mol. The number of hydrogen-bond donors (Lipinski definition) is 1. The van der Waals surface area contributed by atoms with Crippen molar-refractivity contribution in [2.75, 3.05) is 6.54 Å². The van der Waals surface area contributed by atoms with Crippen molar-refractivity contribution < 1.29 is 4.39 Å². The average Bonchev–Trinajstić information content (AvgIpc) is 2.75. The van der Waals surface area contributed by atoms with Crippen molar-refractivity contribution in [3.63, 3.8) is 0 Å². The van der Waals surface area contributed by atoms with Gasteiger partial charge in [-0.3, -0.25) is 0 Å². The predicted molar refractivity (Wildman–Crippen MR) is 85.3 cm³/mol. The minimum atomic E-state index is -0.170. The molecule has 1 heterocycles. The minimum Gasteiger partial charge on any atom is -0.306 e. The minimum absolute atomic E-state index is 0.0282. The number of benzene rings is 1. The topological polar surface area (TPSA) is 12.0 Å². The molecule has 108 valence electrons. The zero-order chi connectivity index (χ0) is 14.7. The first kappa shape index (κ1) is 15.5. The Hall–Kier alpha value is -0.900. The van der Waals surface area contributed by atoms with Gasteiger partial charge in [0.25, 0.3) is 0 Å². The number of halogens is 2. The van der Waals surface area contributed by atoms with Gasteiger partial charge in [0.2, 0.25) is 0 Å². The molecule has 20 heavy (non-hydrogen) atoms. The van der Waals surface area contributed by atoms with E-state index < -0.39 is 0 Å². The van der Waals surface area contributed by atoms with Crippen molar-refractivity contribution in [3.8, 4) is 0 Å². The van der Waals surface area contributed by atoms with Crippen molar-refractivity contribution in [2.24, 2.45) is 0 Å². The fraction of sp³-hybridized carbons (Fsp3) is 0.375. The Balaban J connectivity index is 2.41. The summed E-state index contributed by atoms with van der Waals surface area (Å²) >= 11 is 8.05. The molecule has 1 nitrogen and oxygen atoms in total. The smallest absolute Gasteiger partial charge is 0.126 e. The molecule has 0 amide bonds. The van der Waals surface area contributed by atoms with E-state index in [0.717, 1.165) is 34.0 Å². The van der Waals surface area contributed by atoms with Crippen LogP contribution in [0, 0.1) is 19.7 Å². The van der Waals surface area contributed by atoms with E-state index in [2.05, 4.69) is 17.6 Å². The highest BCUT2D eigenvalue weighted by atomic mass is 35.5. The molecule has 0 bridgehead atoms. The SMILES string of the molecule is CCCNC(c1ccc(F)c(C)c1)c1scc(C)c1Cl. The lowest BCUT2D eigenvalue weighted by Gasteiger charge is -2.19. The van der Waals surface area contributed by atoms with Crippen LogP contribution in [0.15, 0.2) is 23.6 Å². The van der Waals surface area contributed by atoms with Crippen LogP contribution in [0.3, 0.4) is 0 Å². The fourth-order valence-corrected chi connectivity index (χ4v) is 3.55. The van der Waals surface area contributed by atoms with E-state index in [9.17, 15) is 4.39 Å². The van der Waals surface area contributed by atoms with Crippen molar-refractivity contribution in [3.05, 3.63) is 56.0 Å². The van der Waals surface area contributed by atoms with Crippen LogP contribution in [-0.2, 0) is 0 Å². The first-order valence-electron chi connectivity index (χ1n) is 6.77. The van der Waals surface area contributed by atoms with E-state index in [1.807, 2.05) is 19.1 Å². The monoisotopic (exact) mass is 311 g/mol. The molecule has 1 aromatic carbocycles. The van der Waals surface area contributed by atoms with E-state index in [0.29, 0.717) is 5.56 Å². The van der Waals surface area contributed by atoms with Gasteiger partial charge in [-0.2, -0.15) is 0 Å². The van der Waals surface area contributed by atoms with E-state index in [1.165, 1.54) is 6.07 Å². The van der Waals surface area contributed by atoms with Crippen LogP contribution in [0.1, 0.15) is 41.0 Å². The normalized spacial score (nSPS) is 12.7. The summed E-state index contributed by atoms with van der Waals surface area (Å²) in [5.74, 6) is -0.170. The standard InChI is InChI=1S/C16H19ClFNS/c1-4-7-19-15(16-14(17)11(3)9-20-16)12-5-6-13(18)10(2)8-12/h5-6,8-9,15,19H,4,7H2,1-3H3. The van der Waals surface area contributed by atoms with E-state index in [1.54, 1.807) is 18.3 Å². The Morgan fingerprint density at radius 2 is 2.05 bits per heavy atom. The van der Waals surface area contributed by atoms with Crippen molar-refractivity contribution in [2.45, 2.75) is 33.2 Å². The molecule has 1 N–H and O–H groups in total. The Morgan fingerprint density at radius 3 is 2.60 bits per heavy atom. The second kappa shape index (κ2) is 6.70. The molecule has 0 saturated carbocycles. The highest BCUT2D eigenvalue weighted by Gasteiger charge is 2.20. The van der Waals surface area contributed by atoms with Gasteiger partial charge in [0.15, 0.2) is 0 Å². The number of hydrogen-bond acceptors (Lipinski definition) is 2. The van der Waals surface area contributed by atoms with Gasteiger partial charge >= 0.3 is 0 Å². The lowest BCUT2D eigenvalue weighted by atomic mass is 10.0. The Bertz CT molecular complexity index is 594. The third kappa shape index (κ3) is 3.22. The lowest BCUT2D eigenvalue weighted by molar-refractivity contribution is 0.595. The van der Waals surface area contributed by atoms with E-state index >= 15 is 0 Å². The summed E-state index contributed by atoms with van der Waals surface area (Å²) < 4.78 is 13.5. The van der Waals surface area contributed by atoms with Crippen molar-refractivity contribution >= 4 is 22.9 Å². The molecule has 1 aromatic heterocycles. The Labute approximate surface area is 128 Å². The van der Waals surface area contributed by atoms with Crippen LogP contribution >= 0.6 is 22.9 Å². The van der Waals surface area contributed by atoms with Gasteiger partial charge in [0.05, 0.1) is 11.1 Å². The predicted octanol–water partition coefficient (Wildman–Crippen LogP) is 5.25. The number of thiophene rings is 1. The van der Waals surface area contributed by atoms with Gasteiger partial charge < -0.3 is 5.32 Å². The first-order chi connectivity index (χ1) is 9.54. The second-order valence-electron chi connectivity index (χ2n) is 4.99. The third-order valence-corrected chi connectivity index (χ3v) is 5.08. The van der Waals surface area contributed by atoms with Gasteiger partial charge in [-0.05, 0) is 54.9 Å². The molecule has 0 radical (unpaired) electrons. The third-order valence-electron chi connectivity index (χ3n) is 3.30. The highest BCUT2D eigenvalue weighted by Crippen LogP contribution is 2.36. The molecule has 0 fully saturated rings. The van der Waals surface area contributed by atoms with E-state index in [4.69, 9.17) is 11.6 Å². The second-order valence-corrected chi connectivity index (χ2v) is 6.28. The molecule has 0 aliphatic heterocycles. The summed E-state index contributed by atoms with van der Waals surface area (Å²) in [6.07, 6.45) is 1.04. The Morgan fingerprint density at radius 1 is 1.30 bits per heavy atom. The van der Waals surface area contributed by atoms with Crippen LogP contribution in [0.4, 0.5) is 4.39 Å². The molecular formula is C16H19ClFNS. The molecule has 0 aliphatic rings. The van der Waals surface area contributed by atoms with Crippen LogP contribution in [0.25, 0.3) is 0 Å². The number of rotatable bonds is 5. The van der Waals surface area contributed by atoms with Gasteiger partial charge in [0, 0.05) is 4.88 Å². The summed E-state index contributed by atoms with van der Waals surface area (Å²) in [6.45, 7) is 6.82. The van der Waals surface area contributed by atoms with Gasteiger partial charge in [-0.1, -0.05) is 30.7 Å². The first-order valence-corrected chi connectivity index (χ1v) is 8.03. The summed E-state index contributed by atoms with van der Waals surface area (Å²) in [5, 5.41) is 6.38. The maximum atomic E-state index is 13.5. The van der Waals surface area contributed by atoms with Crippen LogP contribution in [-0.4, -0.2) is 6.54 Å². The molecule has 1 atom stereocenters. The summed E-state index contributed by atoms with van der Waals surface area (Å²) in [5.41, 5.74) is 2.81.